The van der Waals surface area contributed by atoms with Gasteiger partial charge in [-0.15, -0.1) is 0 Å². The Hall–Kier alpha value is -3.86. The SMILES string of the molecule is N#Cc1ccc2[nH]cc(CCN3CCC(c4cccc5c(S(=O)(=O)c6ccccc6)c[nH]c45)CC3)c2c1. The minimum Gasteiger partial charge on any atom is -0.361 e. The van der Waals surface area contributed by atoms with Crippen molar-refractivity contribution in [3.63, 3.8) is 0 Å². The molecule has 0 amide bonds. The predicted octanol–water partition coefficient (Wildman–Crippen LogP) is 5.78. The van der Waals surface area contributed by atoms with Gasteiger partial charge >= 0.3 is 0 Å². The molecule has 1 fully saturated rings. The Morgan fingerprint density at radius 1 is 0.919 bits per heavy atom. The lowest BCUT2D eigenvalue weighted by molar-refractivity contribution is 0.215. The molecule has 0 saturated carbocycles. The highest BCUT2D eigenvalue weighted by molar-refractivity contribution is 7.91. The summed E-state index contributed by atoms with van der Waals surface area (Å²) < 4.78 is 26.6. The van der Waals surface area contributed by atoms with Crippen LogP contribution in [0.3, 0.4) is 0 Å². The highest BCUT2D eigenvalue weighted by Crippen LogP contribution is 2.36. The van der Waals surface area contributed by atoms with Gasteiger partial charge in [-0.05, 0) is 79.7 Å². The summed E-state index contributed by atoms with van der Waals surface area (Å²) in [6.07, 6.45) is 6.71. The summed E-state index contributed by atoms with van der Waals surface area (Å²) in [6.45, 7) is 2.98. The Labute approximate surface area is 216 Å². The van der Waals surface area contributed by atoms with Crippen molar-refractivity contribution in [3.8, 4) is 6.07 Å². The largest absolute Gasteiger partial charge is 0.361 e. The van der Waals surface area contributed by atoms with E-state index in [0.29, 0.717) is 21.3 Å². The van der Waals surface area contributed by atoms with E-state index in [1.165, 1.54) is 11.1 Å². The second-order valence-corrected chi connectivity index (χ2v) is 11.7. The van der Waals surface area contributed by atoms with Crippen LogP contribution < -0.4 is 0 Å². The zero-order chi connectivity index (χ0) is 25.4. The molecule has 186 valence electrons. The number of likely N-dealkylation sites (tertiary alicyclic amines) is 1. The number of sulfone groups is 1. The third kappa shape index (κ3) is 4.33. The van der Waals surface area contributed by atoms with Gasteiger partial charge in [-0.25, -0.2) is 8.42 Å². The monoisotopic (exact) mass is 508 g/mol. The number of nitrogens with one attached hydrogen (secondary N) is 2. The number of aromatic amines is 2. The summed E-state index contributed by atoms with van der Waals surface area (Å²) >= 11 is 0. The van der Waals surface area contributed by atoms with E-state index in [-0.39, 0.29) is 0 Å². The van der Waals surface area contributed by atoms with Crippen LogP contribution in [0.15, 0.2) is 88.9 Å². The van der Waals surface area contributed by atoms with Crippen LogP contribution in [0, 0.1) is 11.3 Å². The lowest BCUT2D eigenvalue weighted by Crippen LogP contribution is -2.34. The number of hydrogen-bond acceptors (Lipinski definition) is 4. The maximum Gasteiger partial charge on any atom is 0.208 e. The van der Waals surface area contributed by atoms with Gasteiger partial charge in [0.2, 0.25) is 9.84 Å². The van der Waals surface area contributed by atoms with Crippen LogP contribution in [-0.4, -0.2) is 42.9 Å². The third-order valence-electron chi connectivity index (χ3n) is 7.67. The lowest BCUT2D eigenvalue weighted by atomic mass is 9.88. The van der Waals surface area contributed by atoms with Crippen LogP contribution in [0.4, 0.5) is 0 Å². The molecular formula is C30H28N4O2S. The van der Waals surface area contributed by atoms with Crippen LogP contribution in [-0.2, 0) is 16.3 Å². The zero-order valence-electron chi connectivity index (χ0n) is 20.4. The average Bonchev–Trinajstić information content (AvgIpc) is 3.57. The van der Waals surface area contributed by atoms with E-state index in [4.69, 9.17) is 0 Å². The first kappa shape index (κ1) is 23.5. The summed E-state index contributed by atoms with van der Waals surface area (Å²) in [5, 5.41) is 11.1. The van der Waals surface area contributed by atoms with Crippen LogP contribution in [0.2, 0.25) is 0 Å². The van der Waals surface area contributed by atoms with Crippen molar-refractivity contribution in [2.45, 2.75) is 35.0 Å². The number of nitrogens with zero attached hydrogens (tertiary/aromatic N) is 2. The summed E-state index contributed by atoms with van der Waals surface area (Å²) in [7, 11) is -3.59. The predicted molar refractivity (Wildman–Crippen MR) is 145 cm³/mol. The van der Waals surface area contributed by atoms with Gasteiger partial charge in [0, 0.05) is 35.2 Å². The Balaban J connectivity index is 1.16. The van der Waals surface area contributed by atoms with E-state index >= 15 is 0 Å². The highest BCUT2D eigenvalue weighted by Gasteiger charge is 2.26. The molecule has 0 aliphatic carbocycles. The molecule has 0 spiro atoms. The van der Waals surface area contributed by atoms with Gasteiger partial charge in [0.25, 0.3) is 0 Å². The molecule has 0 bridgehead atoms. The van der Waals surface area contributed by atoms with Crippen molar-refractivity contribution < 1.29 is 8.42 Å². The topological polar surface area (TPSA) is 92.8 Å². The molecule has 1 aliphatic rings. The average molecular weight is 509 g/mol. The molecule has 1 aliphatic heterocycles. The first-order valence-electron chi connectivity index (χ1n) is 12.7. The molecule has 3 aromatic carbocycles. The number of hydrogen-bond donors (Lipinski definition) is 2. The van der Waals surface area contributed by atoms with Crippen molar-refractivity contribution in [2.24, 2.45) is 0 Å². The molecular weight excluding hydrogens is 480 g/mol. The first-order valence-corrected chi connectivity index (χ1v) is 14.2. The van der Waals surface area contributed by atoms with E-state index in [0.717, 1.165) is 60.7 Å². The van der Waals surface area contributed by atoms with Gasteiger partial charge in [0.15, 0.2) is 0 Å². The van der Waals surface area contributed by atoms with Crippen molar-refractivity contribution in [1.29, 1.82) is 5.26 Å². The quantitative estimate of drug-likeness (QED) is 0.304. The van der Waals surface area contributed by atoms with Gasteiger partial charge in [-0.3, -0.25) is 0 Å². The third-order valence-corrected chi connectivity index (χ3v) is 9.48. The molecule has 3 heterocycles. The second-order valence-electron chi connectivity index (χ2n) is 9.79. The number of piperidine rings is 1. The second kappa shape index (κ2) is 9.55. The van der Waals surface area contributed by atoms with Crippen molar-refractivity contribution in [3.05, 3.63) is 95.8 Å². The molecule has 0 radical (unpaired) electrons. The van der Waals surface area contributed by atoms with E-state index < -0.39 is 9.84 Å². The minimum atomic E-state index is -3.59. The van der Waals surface area contributed by atoms with Gasteiger partial charge in [0.05, 0.1) is 26.9 Å². The van der Waals surface area contributed by atoms with E-state index in [2.05, 4.69) is 33.2 Å². The number of fused-ring (bicyclic) bond motifs is 2. The van der Waals surface area contributed by atoms with Crippen LogP contribution >= 0.6 is 0 Å². The number of H-pyrrole nitrogens is 2. The standard InChI is InChI=1S/C30H28N4O2S/c31-18-21-9-10-28-27(17-21)23(19-32-28)13-16-34-14-11-22(12-15-34)25-7-4-8-26-29(20-33-30(25)26)37(35,36)24-5-2-1-3-6-24/h1-10,17,19-20,22,32-33H,11-16H2. The van der Waals surface area contributed by atoms with Crippen LogP contribution in [0.25, 0.3) is 21.8 Å². The van der Waals surface area contributed by atoms with E-state index in [9.17, 15) is 13.7 Å². The Morgan fingerprint density at radius 3 is 2.51 bits per heavy atom. The summed E-state index contributed by atoms with van der Waals surface area (Å²) in [6, 6.07) is 22.7. The zero-order valence-corrected chi connectivity index (χ0v) is 21.3. The Bertz CT molecular complexity index is 1720. The van der Waals surface area contributed by atoms with Crippen molar-refractivity contribution in [2.75, 3.05) is 19.6 Å². The minimum absolute atomic E-state index is 0.314. The Kier molecular flexibility index (Phi) is 6.07. The Morgan fingerprint density at radius 2 is 1.73 bits per heavy atom. The smallest absolute Gasteiger partial charge is 0.208 e. The number of aromatic nitrogens is 2. The summed E-state index contributed by atoms with van der Waals surface area (Å²) in [4.78, 5) is 9.77. The fourth-order valence-electron chi connectivity index (χ4n) is 5.64. The fourth-order valence-corrected chi connectivity index (χ4v) is 7.09. The number of para-hydroxylation sites is 1. The molecule has 0 atom stereocenters. The maximum absolute atomic E-state index is 13.3. The van der Waals surface area contributed by atoms with Gasteiger partial charge in [-0.1, -0.05) is 36.4 Å². The van der Waals surface area contributed by atoms with E-state index in [1.807, 2.05) is 36.4 Å². The number of nitriles is 1. The van der Waals surface area contributed by atoms with Crippen molar-refractivity contribution in [1.82, 2.24) is 14.9 Å². The summed E-state index contributed by atoms with van der Waals surface area (Å²) in [5.74, 6) is 0.386. The molecule has 37 heavy (non-hydrogen) atoms. The maximum atomic E-state index is 13.3. The molecule has 1 saturated heterocycles. The van der Waals surface area contributed by atoms with E-state index in [1.54, 1.807) is 30.5 Å². The normalized spacial score (nSPS) is 15.3. The van der Waals surface area contributed by atoms with Crippen LogP contribution in [0.5, 0.6) is 0 Å². The molecule has 6 nitrogen and oxygen atoms in total. The number of rotatable bonds is 6. The fraction of sp³-hybridized carbons (Fsp3) is 0.233. The molecule has 0 unspecified atom stereocenters. The van der Waals surface area contributed by atoms with Gasteiger partial charge in [0.1, 0.15) is 0 Å². The highest BCUT2D eigenvalue weighted by atomic mass is 32.2. The van der Waals surface area contributed by atoms with Gasteiger partial charge < -0.3 is 14.9 Å². The molecule has 5 aromatic rings. The summed E-state index contributed by atoms with van der Waals surface area (Å²) in [5.41, 5.74) is 5.14. The van der Waals surface area contributed by atoms with Crippen LogP contribution in [0.1, 0.15) is 35.4 Å². The lowest BCUT2D eigenvalue weighted by Gasteiger charge is -2.32. The molecule has 6 rings (SSSR count). The molecule has 2 aromatic heterocycles. The molecule has 7 heteroatoms. The number of benzene rings is 3. The van der Waals surface area contributed by atoms with Gasteiger partial charge in [-0.2, -0.15) is 5.26 Å². The van der Waals surface area contributed by atoms with Crippen molar-refractivity contribution >= 4 is 31.6 Å². The first-order chi connectivity index (χ1) is 18.0. The molecule has 2 N–H and O–H groups in total.